The Bertz CT molecular complexity index is 540. The van der Waals surface area contributed by atoms with E-state index in [2.05, 4.69) is 9.44 Å². The second-order valence-corrected chi connectivity index (χ2v) is 6.12. The molecule has 0 aliphatic rings. The smallest absolute Gasteiger partial charge is 0.303 e. The first-order valence-electron chi connectivity index (χ1n) is 6.43. The van der Waals surface area contributed by atoms with E-state index < -0.39 is 16.2 Å². The van der Waals surface area contributed by atoms with Gasteiger partial charge in [0.25, 0.3) is 10.2 Å². The molecule has 0 aromatic heterocycles. The Morgan fingerprint density at radius 1 is 1.30 bits per heavy atom. The van der Waals surface area contributed by atoms with Gasteiger partial charge in [-0.1, -0.05) is 26.0 Å². The zero-order chi connectivity index (χ0) is 15.2. The maximum atomic E-state index is 11.6. The minimum absolute atomic E-state index is 0.0448. The van der Waals surface area contributed by atoms with E-state index in [-0.39, 0.29) is 12.3 Å². The highest BCUT2D eigenvalue weighted by atomic mass is 32.2. The molecular weight excluding hydrogens is 280 g/mol. The molecule has 0 bridgehead atoms. The van der Waals surface area contributed by atoms with Gasteiger partial charge in [-0.2, -0.15) is 13.1 Å². The highest BCUT2D eigenvalue weighted by Gasteiger charge is 2.11. The molecule has 1 rings (SSSR count). The lowest BCUT2D eigenvalue weighted by Gasteiger charge is -2.12. The average Bonchev–Trinajstić information content (AvgIpc) is 2.36. The molecule has 7 heteroatoms. The molecule has 0 saturated heterocycles. The zero-order valence-electron chi connectivity index (χ0n) is 11.6. The summed E-state index contributed by atoms with van der Waals surface area (Å²) in [6.07, 6.45) is 0.760. The number of benzene rings is 1. The van der Waals surface area contributed by atoms with E-state index in [0.29, 0.717) is 18.7 Å². The van der Waals surface area contributed by atoms with Crippen molar-refractivity contribution in [1.82, 2.24) is 4.72 Å². The van der Waals surface area contributed by atoms with Gasteiger partial charge in [-0.3, -0.25) is 9.52 Å². The predicted octanol–water partition coefficient (Wildman–Crippen LogP) is 1.92. The van der Waals surface area contributed by atoms with E-state index in [1.165, 1.54) is 0 Å². The van der Waals surface area contributed by atoms with Crippen molar-refractivity contribution < 1.29 is 18.3 Å². The molecule has 0 spiro atoms. The normalized spacial score (nSPS) is 12.9. The first kappa shape index (κ1) is 16.5. The van der Waals surface area contributed by atoms with Gasteiger partial charge in [-0.05, 0) is 30.0 Å². The number of carboxylic acids is 1. The van der Waals surface area contributed by atoms with Gasteiger partial charge in [0.1, 0.15) is 0 Å². The van der Waals surface area contributed by atoms with Crippen LogP contribution in [0.15, 0.2) is 24.3 Å². The van der Waals surface area contributed by atoms with Gasteiger partial charge >= 0.3 is 5.97 Å². The summed E-state index contributed by atoms with van der Waals surface area (Å²) < 4.78 is 28.1. The summed E-state index contributed by atoms with van der Waals surface area (Å²) in [4.78, 5) is 10.6. The number of hydrogen-bond donors (Lipinski definition) is 3. The molecule has 1 atom stereocenters. The molecule has 0 radical (unpaired) electrons. The van der Waals surface area contributed by atoms with E-state index in [1.54, 1.807) is 24.3 Å². The molecule has 1 aromatic carbocycles. The highest BCUT2D eigenvalue weighted by Crippen LogP contribution is 2.21. The van der Waals surface area contributed by atoms with E-state index in [9.17, 15) is 13.2 Å². The second-order valence-electron chi connectivity index (χ2n) is 4.62. The number of rotatable bonds is 8. The minimum Gasteiger partial charge on any atom is -0.481 e. The summed E-state index contributed by atoms with van der Waals surface area (Å²) in [5, 5.41) is 8.74. The van der Waals surface area contributed by atoms with Crippen LogP contribution in [0, 0.1) is 0 Å². The fourth-order valence-corrected chi connectivity index (χ4v) is 2.68. The molecule has 0 amide bonds. The Hall–Kier alpha value is -1.60. The molecule has 0 aliphatic carbocycles. The molecule has 0 saturated carbocycles. The molecule has 0 aliphatic heterocycles. The third-order valence-electron chi connectivity index (χ3n) is 2.75. The standard InChI is InChI=1S/C13H20N2O4S/c1-3-8-14-20(18,19)15-12-6-4-11(5-7-12)10(2)9-13(16)17/h4-7,10,14-15H,3,8-9H2,1-2H3,(H,16,17). The van der Waals surface area contributed by atoms with Crippen LogP contribution in [0.3, 0.4) is 0 Å². The summed E-state index contributed by atoms with van der Waals surface area (Å²) in [5.74, 6) is -0.970. The maximum Gasteiger partial charge on any atom is 0.303 e. The van der Waals surface area contributed by atoms with Crippen LogP contribution < -0.4 is 9.44 Å². The monoisotopic (exact) mass is 300 g/mol. The van der Waals surface area contributed by atoms with Crippen LogP contribution in [0.4, 0.5) is 5.69 Å². The topological polar surface area (TPSA) is 95.5 Å². The van der Waals surface area contributed by atoms with Crippen molar-refractivity contribution in [1.29, 1.82) is 0 Å². The molecule has 20 heavy (non-hydrogen) atoms. The van der Waals surface area contributed by atoms with E-state index >= 15 is 0 Å². The van der Waals surface area contributed by atoms with Gasteiger partial charge in [-0.15, -0.1) is 0 Å². The summed E-state index contributed by atoms with van der Waals surface area (Å²) in [7, 11) is -3.54. The van der Waals surface area contributed by atoms with Gasteiger partial charge < -0.3 is 5.11 Å². The summed E-state index contributed by atoms with van der Waals surface area (Å²) in [6.45, 7) is 4.07. The van der Waals surface area contributed by atoms with Crippen molar-refractivity contribution in [2.24, 2.45) is 0 Å². The third kappa shape index (κ3) is 5.58. The Morgan fingerprint density at radius 2 is 1.90 bits per heavy atom. The number of nitrogens with one attached hydrogen (secondary N) is 2. The van der Waals surface area contributed by atoms with Gasteiger partial charge in [0.2, 0.25) is 0 Å². The van der Waals surface area contributed by atoms with Gasteiger partial charge in [-0.25, -0.2) is 0 Å². The average molecular weight is 300 g/mol. The lowest BCUT2D eigenvalue weighted by atomic mass is 9.98. The van der Waals surface area contributed by atoms with Crippen LogP contribution in [0.5, 0.6) is 0 Å². The van der Waals surface area contributed by atoms with Crippen molar-refractivity contribution in [3.63, 3.8) is 0 Å². The molecule has 0 heterocycles. The number of carboxylic acid groups (broad SMARTS) is 1. The van der Waals surface area contributed by atoms with E-state index in [0.717, 1.165) is 5.56 Å². The fourth-order valence-electron chi connectivity index (χ4n) is 1.69. The highest BCUT2D eigenvalue weighted by molar-refractivity contribution is 7.90. The van der Waals surface area contributed by atoms with Crippen LogP contribution in [0.25, 0.3) is 0 Å². The quantitative estimate of drug-likeness (QED) is 0.683. The molecule has 0 fully saturated rings. The Kier molecular flexibility index (Phi) is 5.97. The van der Waals surface area contributed by atoms with Crippen molar-refractivity contribution >= 4 is 21.9 Å². The fraction of sp³-hybridized carbons (Fsp3) is 0.462. The van der Waals surface area contributed by atoms with Crippen LogP contribution in [0.1, 0.15) is 38.2 Å². The summed E-state index contributed by atoms with van der Waals surface area (Å²) >= 11 is 0. The minimum atomic E-state index is -3.54. The second kappa shape index (κ2) is 7.25. The van der Waals surface area contributed by atoms with Crippen LogP contribution in [-0.2, 0) is 15.0 Å². The van der Waals surface area contributed by atoms with E-state index in [4.69, 9.17) is 5.11 Å². The lowest BCUT2D eigenvalue weighted by molar-refractivity contribution is -0.137. The van der Waals surface area contributed by atoms with Crippen LogP contribution >= 0.6 is 0 Å². The molecule has 1 aromatic rings. The number of aliphatic carboxylic acids is 1. The number of anilines is 1. The van der Waals surface area contributed by atoms with Gasteiger partial charge in [0.05, 0.1) is 6.42 Å². The third-order valence-corrected chi connectivity index (χ3v) is 3.84. The number of hydrogen-bond acceptors (Lipinski definition) is 3. The van der Waals surface area contributed by atoms with Gasteiger partial charge in [0.15, 0.2) is 0 Å². The first-order chi connectivity index (χ1) is 9.34. The predicted molar refractivity (Wildman–Crippen MR) is 77.9 cm³/mol. The molecule has 112 valence electrons. The Balaban J connectivity index is 2.69. The van der Waals surface area contributed by atoms with Crippen molar-refractivity contribution in [2.75, 3.05) is 11.3 Å². The molecular formula is C13H20N2O4S. The molecule has 3 N–H and O–H groups in total. The molecule has 6 nitrogen and oxygen atoms in total. The Labute approximate surface area is 119 Å². The van der Waals surface area contributed by atoms with Crippen molar-refractivity contribution in [3.8, 4) is 0 Å². The summed E-state index contributed by atoms with van der Waals surface area (Å²) in [5.41, 5.74) is 1.30. The van der Waals surface area contributed by atoms with Gasteiger partial charge in [0, 0.05) is 12.2 Å². The lowest BCUT2D eigenvalue weighted by Crippen LogP contribution is -2.30. The Morgan fingerprint density at radius 3 is 2.40 bits per heavy atom. The number of carbonyl (C=O) groups is 1. The SMILES string of the molecule is CCCNS(=O)(=O)Nc1ccc(C(C)CC(=O)O)cc1. The van der Waals surface area contributed by atoms with Crippen molar-refractivity contribution in [2.45, 2.75) is 32.6 Å². The maximum absolute atomic E-state index is 11.6. The van der Waals surface area contributed by atoms with Crippen LogP contribution in [0.2, 0.25) is 0 Å². The van der Waals surface area contributed by atoms with E-state index in [1.807, 2.05) is 13.8 Å². The summed E-state index contributed by atoms with van der Waals surface area (Å²) in [6, 6.07) is 6.70. The molecule has 1 unspecified atom stereocenters. The largest absolute Gasteiger partial charge is 0.481 e. The van der Waals surface area contributed by atoms with Crippen LogP contribution in [-0.4, -0.2) is 26.0 Å². The van der Waals surface area contributed by atoms with Crippen molar-refractivity contribution in [3.05, 3.63) is 29.8 Å². The first-order valence-corrected chi connectivity index (χ1v) is 7.91. The zero-order valence-corrected chi connectivity index (χ0v) is 12.4.